The molecule has 0 bridgehead atoms. The maximum absolute atomic E-state index is 11.4. The Morgan fingerprint density at radius 3 is 2.60 bits per heavy atom. The molecular weight excluding hydrogens is 276 g/mol. The number of nitrogen functional groups attached to an aromatic ring is 1. The van der Waals surface area contributed by atoms with E-state index < -0.39 is 5.97 Å². The van der Waals surface area contributed by atoms with Crippen LogP contribution in [-0.4, -0.2) is 18.1 Å². The standard InChI is InChI=1S/C15H15ClN2O2/c1-9-4-3-5-11(6-9)18(2)14-12(15(19)20)7-10(17)8-13(14)16/h3-8H,17H2,1-2H3,(H,19,20). The van der Waals surface area contributed by atoms with Crippen LogP contribution < -0.4 is 10.6 Å². The van der Waals surface area contributed by atoms with E-state index >= 15 is 0 Å². The van der Waals surface area contributed by atoms with Crippen LogP contribution in [0.5, 0.6) is 0 Å². The lowest BCUT2D eigenvalue weighted by Gasteiger charge is -2.23. The summed E-state index contributed by atoms with van der Waals surface area (Å²) in [4.78, 5) is 13.1. The van der Waals surface area contributed by atoms with E-state index in [4.69, 9.17) is 17.3 Å². The van der Waals surface area contributed by atoms with Crippen molar-refractivity contribution in [2.24, 2.45) is 0 Å². The summed E-state index contributed by atoms with van der Waals surface area (Å²) in [6.07, 6.45) is 0. The van der Waals surface area contributed by atoms with Crippen molar-refractivity contribution in [2.75, 3.05) is 17.7 Å². The Hall–Kier alpha value is -2.20. The number of nitrogens with zero attached hydrogens (tertiary/aromatic N) is 1. The van der Waals surface area contributed by atoms with Crippen molar-refractivity contribution in [3.63, 3.8) is 0 Å². The molecule has 5 heteroatoms. The van der Waals surface area contributed by atoms with Gasteiger partial charge in [0.1, 0.15) is 0 Å². The third kappa shape index (κ3) is 2.70. The molecule has 2 aromatic rings. The van der Waals surface area contributed by atoms with Crippen LogP contribution in [0.25, 0.3) is 0 Å². The van der Waals surface area contributed by atoms with E-state index in [1.165, 1.54) is 6.07 Å². The van der Waals surface area contributed by atoms with Crippen molar-refractivity contribution >= 4 is 34.6 Å². The Morgan fingerprint density at radius 1 is 1.30 bits per heavy atom. The van der Waals surface area contributed by atoms with Gasteiger partial charge in [-0.1, -0.05) is 23.7 Å². The Morgan fingerprint density at radius 2 is 2.00 bits per heavy atom. The third-order valence-corrected chi connectivity index (χ3v) is 3.33. The number of halogens is 1. The fourth-order valence-corrected chi connectivity index (χ4v) is 2.44. The number of aryl methyl sites for hydroxylation is 1. The number of carbonyl (C=O) groups is 1. The van der Waals surface area contributed by atoms with Crippen LogP contribution in [-0.2, 0) is 0 Å². The highest BCUT2D eigenvalue weighted by Gasteiger charge is 2.19. The fourth-order valence-electron chi connectivity index (χ4n) is 2.09. The Bertz CT molecular complexity index is 671. The minimum Gasteiger partial charge on any atom is -0.478 e. The molecule has 0 aliphatic heterocycles. The van der Waals surface area contributed by atoms with Gasteiger partial charge >= 0.3 is 5.97 Å². The van der Waals surface area contributed by atoms with Gasteiger partial charge in [-0.15, -0.1) is 0 Å². The van der Waals surface area contributed by atoms with Gasteiger partial charge in [0.15, 0.2) is 0 Å². The van der Waals surface area contributed by atoms with Gasteiger partial charge in [0.05, 0.1) is 16.3 Å². The van der Waals surface area contributed by atoms with Gasteiger partial charge in [-0.2, -0.15) is 0 Å². The minimum atomic E-state index is -1.06. The first kappa shape index (κ1) is 14.2. The van der Waals surface area contributed by atoms with E-state index in [-0.39, 0.29) is 5.56 Å². The SMILES string of the molecule is Cc1cccc(N(C)c2c(Cl)cc(N)cc2C(=O)O)c1. The number of nitrogens with two attached hydrogens (primary N) is 1. The third-order valence-electron chi connectivity index (χ3n) is 3.04. The zero-order valence-corrected chi connectivity index (χ0v) is 12.0. The molecule has 0 radical (unpaired) electrons. The normalized spacial score (nSPS) is 10.3. The van der Waals surface area contributed by atoms with Gasteiger partial charge in [-0.05, 0) is 36.8 Å². The number of aromatic carboxylic acids is 1. The van der Waals surface area contributed by atoms with Crippen LogP contribution in [0.4, 0.5) is 17.1 Å². The van der Waals surface area contributed by atoms with Crippen LogP contribution in [0.1, 0.15) is 15.9 Å². The molecule has 104 valence electrons. The summed E-state index contributed by atoms with van der Waals surface area (Å²) < 4.78 is 0. The molecule has 2 rings (SSSR count). The van der Waals surface area contributed by atoms with Crippen LogP contribution in [0, 0.1) is 6.92 Å². The van der Waals surface area contributed by atoms with Crippen LogP contribution in [0.2, 0.25) is 5.02 Å². The minimum absolute atomic E-state index is 0.0824. The molecule has 0 unspecified atom stereocenters. The van der Waals surface area contributed by atoms with Crippen molar-refractivity contribution in [3.05, 3.63) is 52.5 Å². The number of anilines is 3. The van der Waals surface area contributed by atoms with Gasteiger partial charge in [0.25, 0.3) is 0 Å². The number of carboxylic acid groups (broad SMARTS) is 1. The van der Waals surface area contributed by atoms with Gasteiger partial charge < -0.3 is 15.7 Å². The average molecular weight is 291 g/mol. The summed E-state index contributed by atoms with van der Waals surface area (Å²) in [5.41, 5.74) is 8.44. The topological polar surface area (TPSA) is 66.6 Å². The largest absolute Gasteiger partial charge is 0.478 e. The summed E-state index contributed by atoms with van der Waals surface area (Å²) in [6, 6.07) is 10.7. The highest BCUT2D eigenvalue weighted by atomic mass is 35.5. The molecule has 0 fully saturated rings. The molecule has 20 heavy (non-hydrogen) atoms. The highest BCUT2D eigenvalue weighted by Crippen LogP contribution is 2.36. The number of benzene rings is 2. The van der Waals surface area contributed by atoms with Crippen LogP contribution >= 0.6 is 11.6 Å². The van der Waals surface area contributed by atoms with Gasteiger partial charge in [-0.3, -0.25) is 0 Å². The van der Waals surface area contributed by atoms with Crippen LogP contribution in [0.3, 0.4) is 0 Å². The highest BCUT2D eigenvalue weighted by molar-refractivity contribution is 6.34. The Balaban J connectivity index is 2.59. The molecule has 0 aliphatic rings. The molecule has 0 heterocycles. The second-order valence-electron chi connectivity index (χ2n) is 4.60. The Labute approximate surface area is 122 Å². The molecule has 3 N–H and O–H groups in total. The first-order chi connectivity index (χ1) is 9.40. The lowest BCUT2D eigenvalue weighted by Crippen LogP contribution is -2.15. The molecule has 0 aromatic heterocycles. The zero-order chi connectivity index (χ0) is 14.9. The summed E-state index contributed by atoms with van der Waals surface area (Å²) in [6.45, 7) is 1.97. The van der Waals surface area contributed by atoms with Gasteiger partial charge in [0.2, 0.25) is 0 Å². The molecule has 0 saturated heterocycles. The first-order valence-corrected chi connectivity index (χ1v) is 6.40. The lowest BCUT2D eigenvalue weighted by molar-refractivity contribution is 0.0697. The van der Waals surface area contributed by atoms with E-state index in [0.29, 0.717) is 16.4 Å². The van der Waals surface area contributed by atoms with E-state index in [0.717, 1.165) is 11.3 Å². The summed E-state index contributed by atoms with van der Waals surface area (Å²) in [7, 11) is 1.78. The van der Waals surface area contributed by atoms with Crippen molar-refractivity contribution in [1.29, 1.82) is 0 Å². The zero-order valence-electron chi connectivity index (χ0n) is 11.2. The maximum Gasteiger partial charge on any atom is 0.337 e. The molecule has 2 aromatic carbocycles. The predicted molar refractivity (Wildman–Crippen MR) is 82.1 cm³/mol. The van der Waals surface area contributed by atoms with Gasteiger partial charge in [0, 0.05) is 18.4 Å². The lowest BCUT2D eigenvalue weighted by atomic mass is 10.1. The van der Waals surface area contributed by atoms with Crippen molar-refractivity contribution in [3.8, 4) is 0 Å². The average Bonchev–Trinajstić information content (AvgIpc) is 2.37. The monoisotopic (exact) mass is 290 g/mol. The number of carboxylic acids is 1. The first-order valence-electron chi connectivity index (χ1n) is 6.03. The van der Waals surface area contributed by atoms with E-state index in [2.05, 4.69) is 0 Å². The van der Waals surface area contributed by atoms with Crippen molar-refractivity contribution < 1.29 is 9.90 Å². The molecule has 0 amide bonds. The number of rotatable bonds is 3. The van der Waals surface area contributed by atoms with E-state index in [1.807, 2.05) is 31.2 Å². The molecule has 0 aliphatic carbocycles. The summed E-state index contributed by atoms with van der Waals surface area (Å²) >= 11 is 6.18. The van der Waals surface area contributed by atoms with Crippen molar-refractivity contribution in [2.45, 2.75) is 6.92 Å². The summed E-state index contributed by atoms with van der Waals surface area (Å²) in [5.74, 6) is -1.06. The number of hydrogen-bond acceptors (Lipinski definition) is 3. The smallest absolute Gasteiger partial charge is 0.337 e. The van der Waals surface area contributed by atoms with E-state index in [1.54, 1.807) is 18.0 Å². The molecular formula is C15H15ClN2O2. The maximum atomic E-state index is 11.4. The van der Waals surface area contributed by atoms with Gasteiger partial charge in [-0.25, -0.2) is 4.79 Å². The van der Waals surface area contributed by atoms with Crippen molar-refractivity contribution in [1.82, 2.24) is 0 Å². The molecule has 0 atom stereocenters. The Kier molecular flexibility index (Phi) is 3.86. The fraction of sp³-hybridized carbons (Fsp3) is 0.133. The second-order valence-corrected chi connectivity index (χ2v) is 5.01. The quantitative estimate of drug-likeness (QED) is 0.846. The predicted octanol–water partition coefficient (Wildman–Crippen LogP) is 3.70. The second kappa shape index (κ2) is 5.43. The summed E-state index contributed by atoms with van der Waals surface area (Å²) in [5, 5.41) is 9.64. The van der Waals surface area contributed by atoms with Crippen LogP contribution in [0.15, 0.2) is 36.4 Å². The number of hydrogen-bond donors (Lipinski definition) is 2. The molecule has 4 nitrogen and oxygen atoms in total. The van der Waals surface area contributed by atoms with E-state index in [9.17, 15) is 9.90 Å². The molecule has 0 spiro atoms. The molecule has 0 saturated carbocycles.